The number of aromatic nitrogens is 1. The lowest BCUT2D eigenvalue weighted by Gasteiger charge is -2.48. The molecule has 8 nitrogen and oxygen atoms in total. The van der Waals surface area contributed by atoms with Crippen molar-refractivity contribution in [1.29, 1.82) is 0 Å². The summed E-state index contributed by atoms with van der Waals surface area (Å²) in [6.07, 6.45) is 2.53. The minimum absolute atomic E-state index is 0.118. The van der Waals surface area contributed by atoms with Gasteiger partial charge >= 0.3 is 0 Å². The van der Waals surface area contributed by atoms with Crippen LogP contribution in [0.15, 0.2) is 30.5 Å². The Morgan fingerprint density at radius 3 is 2.83 bits per heavy atom. The highest BCUT2D eigenvalue weighted by Gasteiger charge is 2.41. The number of benzene rings is 1. The number of nitrogens with zero attached hydrogens (tertiary/aromatic N) is 4. The van der Waals surface area contributed by atoms with Gasteiger partial charge in [-0.2, -0.15) is 0 Å². The first-order chi connectivity index (χ1) is 19.5. The second kappa shape index (κ2) is 12.1. The Bertz CT molecular complexity index is 1250. The van der Waals surface area contributed by atoms with E-state index in [9.17, 15) is 9.18 Å². The Morgan fingerprint density at radius 1 is 1.27 bits per heavy atom. The summed E-state index contributed by atoms with van der Waals surface area (Å²) in [5, 5.41) is 3.63. The molecule has 0 saturated carbocycles. The van der Waals surface area contributed by atoms with Crippen LogP contribution in [0.4, 0.5) is 10.1 Å². The van der Waals surface area contributed by atoms with Gasteiger partial charge in [-0.15, -0.1) is 0 Å². The maximum atomic E-state index is 14.0. The van der Waals surface area contributed by atoms with Crippen molar-refractivity contribution in [3.63, 3.8) is 0 Å². The lowest BCUT2D eigenvalue weighted by molar-refractivity contribution is -0.122. The molecule has 2 aromatic rings. The number of methoxy groups -OCH3 is 1. The van der Waals surface area contributed by atoms with Crippen molar-refractivity contribution < 1.29 is 18.7 Å². The van der Waals surface area contributed by atoms with Crippen molar-refractivity contribution in [2.45, 2.75) is 64.1 Å². The second-order valence-electron chi connectivity index (χ2n) is 13.1. The molecule has 3 aliphatic rings. The molecule has 0 radical (unpaired) electrons. The Balaban J connectivity index is 1.34. The maximum Gasteiger partial charge on any atom is 0.241 e. The highest BCUT2D eigenvalue weighted by Crippen LogP contribution is 2.40. The lowest BCUT2D eigenvalue weighted by atomic mass is 9.88. The molecule has 1 N–H and O–H groups in total. The van der Waals surface area contributed by atoms with Gasteiger partial charge in [-0.05, 0) is 50.1 Å². The van der Waals surface area contributed by atoms with Gasteiger partial charge in [-0.1, -0.05) is 19.9 Å². The number of pyridine rings is 1. The molecular formula is C32H46FN5O3. The van der Waals surface area contributed by atoms with Crippen molar-refractivity contribution in [3.05, 3.63) is 58.7 Å². The molecule has 224 valence electrons. The van der Waals surface area contributed by atoms with E-state index >= 15 is 0 Å². The molecule has 0 unspecified atom stereocenters. The van der Waals surface area contributed by atoms with Crippen LogP contribution in [-0.4, -0.2) is 105 Å². The summed E-state index contributed by atoms with van der Waals surface area (Å²) in [5.74, 6) is -0.114. The molecule has 0 aliphatic carbocycles. The van der Waals surface area contributed by atoms with Gasteiger partial charge < -0.3 is 19.7 Å². The molecule has 1 amide bonds. The number of piperazine rings is 1. The Morgan fingerprint density at radius 2 is 2.07 bits per heavy atom. The van der Waals surface area contributed by atoms with Gasteiger partial charge in [0.05, 0.1) is 37.6 Å². The standard InChI is InChI=1S/C32H46FN5O3/c1-22-11-25(33)8-7-24(22)12-26-13-29-28(15-35-26)31(3,4)19-38(29)30(39)18-36-16-23(2)34-14-27(36)17-37-9-10-41-21-32(37,5)20-40-6/h7-8,11,13,15,23,27,34H,9-10,12,14,16-21H2,1-6H3/t23-,27-,32+/m1/s1. The number of ether oxygens (including phenoxy) is 2. The molecule has 3 atom stereocenters. The average molecular weight is 568 g/mol. The van der Waals surface area contributed by atoms with Gasteiger partial charge in [-0.3, -0.25) is 19.6 Å². The number of nitrogens with one attached hydrogen (secondary N) is 1. The Hall–Kier alpha value is -2.43. The molecule has 41 heavy (non-hydrogen) atoms. The first-order valence-electron chi connectivity index (χ1n) is 14.8. The monoisotopic (exact) mass is 567 g/mol. The van der Waals surface area contributed by atoms with E-state index in [0.717, 1.165) is 54.3 Å². The highest BCUT2D eigenvalue weighted by molar-refractivity contribution is 5.97. The van der Waals surface area contributed by atoms with E-state index in [1.165, 1.54) is 6.07 Å². The molecule has 2 saturated heterocycles. The molecule has 1 aromatic heterocycles. The largest absolute Gasteiger partial charge is 0.383 e. The van der Waals surface area contributed by atoms with Crippen LogP contribution in [0.3, 0.4) is 0 Å². The van der Waals surface area contributed by atoms with E-state index in [1.807, 2.05) is 24.1 Å². The topological polar surface area (TPSA) is 70.2 Å². The van der Waals surface area contributed by atoms with E-state index in [-0.39, 0.29) is 28.7 Å². The molecule has 9 heteroatoms. The van der Waals surface area contributed by atoms with E-state index in [4.69, 9.17) is 14.5 Å². The Labute approximate surface area is 244 Å². The molecule has 3 aliphatic heterocycles. The molecule has 5 rings (SSSR count). The number of carbonyl (C=O) groups is 1. The van der Waals surface area contributed by atoms with Crippen LogP contribution in [-0.2, 0) is 26.1 Å². The molecular weight excluding hydrogens is 521 g/mol. The van der Waals surface area contributed by atoms with Gasteiger partial charge in [0, 0.05) is 81.2 Å². The number of hydrogen-bond donors (Lipinski definition) is 1. The minimum Gasteiger partial charge on any atom is -0.383 e. The van der Waals surface area contributed by atoms with E-state index in [2.05, 4.69) is 48.9 Å². The number of amides is 1. The van der Waals surface area contributed by atoms with Crippen molar-refractivity contribution in [2.75, 3.05) is 71.1 Å². The number of hydrogen-bond acceptors (Lipinski definition) is 7. The van der Waals surface area contributed by atoms with E-state index in [0.29, 0.717) is 45.4 Å². The molecule has 0 spiro atoms. The van der Waals surface area contributed by atoms with Gasteiger partial charge in [0.25, 0.3) is 0 Å². The van der Waals surface area contributed by atoms with Crippen LogP contribution in [0, 0.1) is 12.7 Å². The third kappa shape index (κ3) is 6.49. The first-order valence-corrected chi connectivity index (χ1v) is 14.8. The van der Waals surface area contributed by atoms with Crippen LogP contribution in [0.2, 0.25) is 0 Å². The van der Waals surface area contributed by atoms with Gasteiger partial charge in [-0.25, -0.2) is 4.39 Å². The van der Waals surface area contributed by atoms with Crippen molar-refractivity contribution in [3.8, 4) is 0 Å². The fraction of sp³-hybridized carbons (Fsp3) is 0.625. The fourth-order valence-electron chi connectivity index (χ4n) is 6.67. The van der Waals surface area contributed by atoms with Crippen LogP contribution in [0.5, 0.6) is 0 Å². The zero-order valence-electron chi connectivity index (χ0n) is 25.5. The maximum absolute atomic E-state index is 14.0. The van der Waals surface area contributed by atoms with Crippen molar-refractivity contribution in [1.82, 2.24) is 20.1 Å². The van der Waals surface area contributed by atoms with Crippen LogP contribution in [0.1, 0.15) is 50.1 Å². The number of fused-ring (bicyclic) bond motifs is 1. The Kier molecular flexibility index (Phi) is 8.83. The summed E-state index contributed by atoms with van der Waals surface area (Å²) < 4.78 is 25.0. The van der Waals surface area contributed by atoms with Crippen LogP contribution in [0.25, 0.3) is 0 Å². The normalized spacial score (nSPS) is 26.8. The summed E-state index contributed by atoms with van der Waals surface area (Å²) in [5.41, 5.74) is 4.50. The zero-order chi connectivity index (χ0) is 29.4. The number of anilines is 1. The summed E-state index contributed by atoms with van der Waals surface area (Å²) >= 11 is 0. The van der Waals surface area contributed by atoms with Crippen LogP contribution < -0.4 is 10.2 Å². The number of aryl methyl sites for hydroxylation is 1. The lowest BCUT2D eigenvalue weighted by Crippen LogP contribution is -2.65. The summed E-state index contributed by atoms with van der Waals surface area (Å²) in [6.45, 7) is 17.0. The van der Waals surface area contributed by atoms with Gasteiger partial charge in [0.15, 0.2) is 0 Å². The first kappa shape index (κ1) is 30.0. The third-order valence-electron chi connectivity index (χ3n) is 9.12. The number of halogens is 1. The predicted octanol–water partition coefficient (Wildman–Crippen LogP) is 3.14. The summed E-state index contributed by atoms with van der Waals surface area (Å²) in [6, 6.07) is 7.45. The molecule has 2 fully saturated rings. The predicted molar refractivity (Wildman–Crippen MR) is 159 cm³/mol. The molecule has 4 heterocycles. The van der Waals surface area contributed by atoms with Crippen LogP contribution >= 0.6 is 0 Å². The fourth-order valence-corrected chi connectivity index (χ4v) is 6.67. The van der Waals surface area contributed by atoms with Crippen molar-refractivity contribution >= 4 is 11.6 Å². The second-order valence-corrected chi connectivity index (χ2v) is 13.1. The quantitative estimate of drug-likeness (QED) is 0.526. The average Bonchev–Trinajstić information content (AvgIpc) is 3.18. The van der Waals surface area contributed by atoms with E-state index < -0.39 is 0 Å². The smallest absolute Gasteiger partial charge is 0.241 e. The minimum atomic E-state index is -0.232. The molecule has 0 bridgehead atoms. The van der Waals surface area contributed by atoms with E-state index in [1.54, 1.807) is 13.2 Å². The molecule has 1 aromatic carbocycles. The van der Waals surface area contributed by atoms with Gasteiger partial charge in [0.1, 0.15) is 5.82 Å². The number of morpholine rings is 1. The zero-order valence-corrected chi connectivity index (χ0v) is 25.5. The number of carbonyl (C=O) groups excluding carboxylic acids is 1. The van der Waals surface area contributed by atoms with Gasteiger partial charge in [0.2, 0.25) is 5.91 Å². The highest BCUT2D eigenvalue weighted by atomic mass is 19.1. The summed E-state index contributed by atoms with van der Waals surface area (Å²) in [7, 11) is 1.74. The SMILES string of the molecule is COC[C@@]1(C)COCCN1C[C@H]1CN[C@H](C)CN1CC(=O)N1CC(C)(C)c2cnc(Cc3ccc(F)cc3C)cc21. The third-order valence-corrected chi connectivity index (χ3v) is 9.12. The number of rotatable bonds is 8. The summed E-state index contributed by atoms with van der Waals surface area (Å²) in [4.78, 5) is 25.6. The van der Waals surface area contributed by atoms with Crippen molar-refractivity contribution in [2.24, 2.45) is 0 Å².